The van der Waals surface area contributed by atoms with Crippen LogP contribution in [0.25, 0.3) is 0 Å². The molecule has 0 unspecified atom stereocenters. The first-order valence-corrected chi connectivity index (χ1v) is 6.20. The van der Waals surface area contributed by atoms with Crippen LogP contribution in [0, 0.1) is 6.92 Å². The zero-order chi connectivity index (χ0) is 13.5. The van der Waals surface area contributed by atoms with Gasteiger partial charge in [-0.05, 0) is 37.7 Å². The minimum absolute atomic E-state index is 0. The Hall–Kier alpha value is -0.970. The summed E-state index contributed by atoms with van der Waals surface area (Å²) in [6.07, 6.45) is 0. The van der Waals surface area contributed by atoms with Crippen molar-refractivity contribution in [1.29, 1.82) is 0 Å². The molecule has 0 aliphatic rings. The number of carbonyl (C=O) groups excluding carboxylic acids is 1. The fourth-order valence-corrected chi connectivity index (χ4v) is 1.66. The van der Waals surface area contributed by atoms with Gasteiger partial charge in [0.05, 0.1) is 0 Å². The van der Waals surface area contributed by atoms with Crippen molar-refractivity contribution >= 4 is 29.9 Å². The number of hydrogen-bond acceptors (Lipinski definition) is 3. The minimum atomic E-state index is -0.0420. The van der Waals surface area contributed by atoms with Crippen LogP contribution < -0.4 is 10.1 Å². The van der Waals surface area contributed by atoms with Crippen molar-refractivity contribution in [2.45, 2.75) is 6.92 Å². The molecule has 4 nitrogen and oxygen atoms in total. The maximum Gasteiger partial charge on any atom is 0.260 e. The van der Waals surface area contributed by atoms with Gasteiger partial charge in [0.1, 0.15) is 5.75 Å². The van der Waals surface area contributed by atoms with Crippen LogP contribution in [0.1, 0.15) is 5.56 Å². The van der Waals surface area contributed by atoms with E-state index in [1.807, 2.05) is 20.0 Å². The van der Waals surface area contributed by atoms with Crippen molar-refractivity contribution < 1.29 is 9.53 Å². The van der Waals surface area contributed by atoms with Crippen LogP contribution in [0.15, 0.2) is 18.2 Å². The van der Waals surface area contributed by atoms with Gasteiger partial charge in [0.25, 0.3) is 5.91 Å². The van der Waals surface area contributed by atoms with Gasteiger partial charge in [-0.15, -0.1) is 12.4 Å². The number of amides is 1. The lowest BCUT2D eigenvalue weighted by Gasteiger charge is -2.17. The molecule has 1 aromatic carbocycles. The second kappa shape index (κ2) is 9.02. The molecular weight excluding hydrogens is 287 g/mol. The summed E-state index contributed by atoms with van der Waals surface area (Å²) in [7, 11) is 3.61. The first kappa shape index (κ1) is 18.0. The number of carbonyl (C=O) groups is 1. The Bertz CT molecular complexity index is 414. The molecule has 0 saturated heterocycles. The first-order valence-electron chi connectivity index (χ1n) is 5.82. The van der Waals surface area contributed by atoms with E-state index in [9.17, 15) is 4.79 Å². The highest BCUT2D eigenvalue weighted by Gasteiger charge is 2.09. The van der Waals surface area contributed by atoms with Crippen molar-refractivity contribution in [2.75, 3.05) is 33.8 Å². The molecule has 0 aliphatic carbocycles. The Labute approximate surface area is 125 Å². The molecular formula is C13H20Cl2N2O2. The zero-order valence-corrected chi connectivity index (χ0v) is 13.0. The Morgan fingerprint density at radius 2 is 2.16 bits per heavy atom. The summed E-state index contributed by atoms with van der Waals surface area (Å²) in [5, 5.41) is 3.66. The zero-order valence-electron chi connectivity index (χ0n) is 11.4. The number of rotatable bonds is 6. The second-order valence-corrected chi connectivity index (χ2v) is 4.55. The number of likely N-dealkylation sites (N-methyl/N-ethyl adjacent to an activating group) is 2. The number of halogens is 2. The van der Waals surface area contributed by atoms with E-state index < -0.39 is 0 Å². The summed E-state index contributed by atoms with van der Waals surface area (Å²) in [4.78, 5) is 13.4. The second-order valence-electron chi connectivity index (χ2n) is 4.12. The number of nitrogens with zero attached hydrogens (tertiary/aromatic N) is 1. The highest BCUT2D eigenvalue weighted by atomic mass is 35.5. The molecule has 0 radical (unpaired) electrons. The van der Waals surface area contributed by atoms with Crippen LogP contribution in [0.5, 0.6) is 5.75 Å². The average Bonchev–Trinajstić information content (AvgIpc) is 2.34. The third kappa shape index (κ3) is 6.14. The van der Waals surface area contributed by atoms with Gasteiger partial charge in [0.15, 0.2) is 6.61 Å². The summed E-state index contributed by atoms with van der Waals surface area (Å²) in [5.41, 5.74) is 0.924. The maximum absolute atomic E-state index is 11.7. The fourth-order valence-electron chi connectivity index (χ4n) is 1.43. The molecule has 0 bridgehead atoms. The predicted molar refractivity (Wildman–Crippen MR) is 80.5 cm³/mol. The van der Waals surface area contributed by atoms with Crippen LogP contribution in [-0.2, 0) is 4.79 Å². The van der Waals surface area contributed by atoms with Gasteiger partial charge in [-0.25, -0.2) is 0 Å². The van der Waals surface area contributed by atoms with Crippen molar-refractivity contribution in [1.82, 2.24) is 10.2 Å². The summed E-state index contributed by atoms with van der Waals surface area (Å²) < 4.78 is 5.48. The summed E-state index contributed by atoms with van der Waals surface area (Å²) in [6.45, 7) is 3.37. The van der Waals surface area contributed by atoms with E-state index in [2.05, 4.69) is 5.32 Å². The number of nitrogens with one attached hydrogen (secondary N) is 1. The molecule has 1 amide bonds. The smallest absolute Gasteiger partial charge is 0.260 e. The van der Waals surface area contributed by atoms with E-state index in [0.717, 1.165) is 12.1 Å². The van der Waals surface area contributed by atoms with Crippen LogP contribution in [0.4, 0.5) is 0 Å². The van der Waals surface area contributed by atoms with Crippen LogP contribution in [-0.4, -0.2) is 44.6 Å². The van der Waals surface area contributed by atoms with Crippen molar-refractivity contribution in [3.63, 3.8) is 0 Å². The number of benzene rings is 1. The number of aryl methyl sites for hydroxylation is 1. The molecule has 0 atom stereocenters. The lowest BCUT2D eigenvalue weighted by molar-refractivity contribution is -0.132. The standard InChI is InChI=1S/C13H19ClN2O2.ClH/c1-10-8-11(14)4-5-12(10)18-9-13(17)16(3)7-6-15-2;/h4-5,8,15H,6-7,9H2,1-3H3;1H. The molecule has 1 aromatic rings. The maximum atomic E-state index is 11.7. The van der Waals surface area contributed by atoms with E-state index in [1.54, 1.807) is 24.1 Å². The van der Waals surface area contributed by atoms with Gasteiger partial charge in [-0.2, -0.15) is 0 Å². The molecule has 0 aromatic heterocycles. The summed E-state index contributed by atoms with van der Waals surface area (Å²) in [6, 6.07) is 5.34. The molecule has 1 N–H and O–H groups in total. The lowest BCUT2D eigenvalue weighted by Crippen LogP contribution is -2.35. The SMILES string of the molecule is CNCCN(C)C(=O)COc1ccc(Cl)cc1C.Cl. The largest absolute Gasteiger partial charge is 0.483 e. The Morgan fingerprint density at radius 1 is 1.47 bits per heavy atom. The van der Waals surface area contributed by atoms with E-state index in [4.69, 9.17) is 16.3 Å². The van der Waals surface area contributed by atoms with E-state index in [1.165, 1.54) is 0 Å². The van der Waals surface area contributed by atoms with Crippen molar-refractivity contribution in [2.24, 2.45) is 0 Å². The molecule has 0 spiro atoms. The third-order valence-corrected chi connectivity index (χ3v) is 2.85. The van der Waals surface area contributed by atoms with Crippen LogP contribution >= 0.6 is 24.0 Å². The highest BCUT2D eigenvalue weighted by Crippen LogP contribution is 2.21. The normalized spacial score (nSPS) is 9.68. The minimum Gasteiger partial charge on any atom is -0.483 e. The van der Waals surface area contributed by atoms with Gasteiger partial charge in [0, 0.05) is 25.2 Å². The highest BCUT2D eigenvalue weighted by molar-refractivity contribution is 6.30. The monoisotopic (exact) mass is 306 g/mol. The molecule has 0 fully saturated rings. The summed E-state index contributed by atoms with van der Waals surface area (Å²) >= 11 is 5.85. The topological polar surface area (TPSA) is 41.6 Å². The number of hydrogen-bond donors (Lipinski definition) is 1. The van der Waals surface area contributed by atoms with Gasteiger partial charge in [0.2, 0.25) is 0 Å². The molecule has 0 aliphatic heterocycles. The fraction of sp³-hybridized carbons (Fsp3) is 0.462. The molecule has 0 saturated carbocycles. The third-order valence-electron chi connectivity index (χ3n) is 2.61. The molecule has 108 valence electrons. The van der Waals surface area contributed by atoms with Crippen LogP contribution in [0.3, 0.4) is 0 Å². The van der Waals surface area contributed by atoms with E-state index in [0.29, 0.717) is 17.3 Å². The molecule has 19 heavy (non-hydrogen) atoms. The molecule has 1 rings (SSSR count). The Balaban J connectivity index is 0.00000324. The lowest BCUT2D eigenvalue weighted by atomic mass is 10.2. The van der Waals surface area contributed by atoms with Crippen molar-refractivity contribution in [3.8, 4) is 5.75 Å². The molecule has 6 heteroatoms. The number of ether oxygens (including phenoxy) is 1. The predicted octanol–water partition coefficient (Wildman–Crippen LogP) is 2.13. The molecule has 0 heterocycles. The van der Waals surface area contributed by atoms with E-state index >= 15 is 0 Å². The first-order chi connectivity index (χ1) is 8.54. The van der Waals surface area contributed by atoms with Gasteiger partial charge < -0.3 is 15.0 Å². The summed E-state index contributed by atoms with van der Waals surface area (Å²) in [5.74, 6) is 0.648. The quantitative estimate of drug-likeness (QED) is 0.875. The van der Waals surface area contributed by atoms with Gasteiger partial charge in [-0.3, -0.25) is 4.79 Å². The Morgan fingerprint density at radius 3 is 2.74 bits per heavy atom. The van der Waals surface area contributed by atoms with Crippen molar-refractivity contribution in [3.05, 3.63) is 28.8 Å². The van der Waals surface area contributed by atoms with Gasteiger partial charge in [-0.1, -0.05) is 11.6 Å². The Kier molecular flexibility index (Phi) is 8.56. The average molecular weight is 307 g/mol. The van der Waals surface area contributed by atoms with E-state index in [-0.39, 0.29) is 24.9 Å². The van der Waals surface area contributed by atoms with Gasteiger partial charge >= 0.3 is 0 Å². The van der Waals surface area contributed by atoms with Crippen LogP contribution in [0.2, 0.25) is 5.02 Å².